The fraction of sp³-hybridized carbons (Fsp3) is 0.850. The number of likely N-dealkylation sites (N-methyl/N-ethyl adjacent to an activating group) is 1. The number of aliphatic hydroxyl groups excluding tert-OH is 1. The number of carbonyl (C=O) groups excluding carboxylic acids is 1. The van der Waals surface area contributed by atoms with Crippen molar-refractivity contribution in [1.82, 2.24) is 5.32 Å². The van der Waals surface area contributed by atoms with Crippen LogP contribution in [-0.4, -0.2) is 73.4 Å². The minimum Gasteiger partial charge on any atom is -0.391 e. The number of carbonyl (C=O) groups is 1. The molecule has 0 aromatic carbocycles. The number of unbranched alkanes of at least 4 members (excludes halogenated alkanes) is 33. The molecule has 0 aromatic rings. The van der Waals surface area contributed by atoms with Crippen LogP contribution < -0.4 is 5.32 Å². The fourth-order valence-electron chi connectivity index (χ4n) is 8.75. The molecule has 3 unspecified atom stereocenters. The topological polar surface area (TPSA) is 105 Å². The Morgan fingerprint density at radius 2 is 0.870 bits per heavy atom. The fourth-order valence-corrected chi connectivity index (χ4v) is 9.48. The summed E-state index contributed by atoms with van der Waals surface area (Å²) >= 11 is 0. The van der Waals surface area contributed by atoms with Crippen molar-refractivity contribution in [3.8, 4) is 0 Å². The van der Waals surface area contributed by atoms with Gasteiger partial charge in [-0.05, 0) is 51.4 Å². The molecule has 0 rings (SSSR count). The van der Waals surface area contributed by atoms with Crippen molar-refractivity contribution in [2.24, 2.45) is 0 Å². The molecule has 1 amide bonds. The first-order valence-electron chi connectivity index (χ1n) is 29.5. The Balaban J connectivity index is 3.66. The number of aliphatic hydroxyl groups is 1. The summed E-state index contributed by atoms with van der Waals surface area (Å²) in [4.78, 5) is 23.1. The van der Waals surface area contributed by atoms with Crippen LogP contribution in [0.2, 0.25) is 0 Å². The minimum absolute atomic E-state index is 0.0757. The third-order valence-corrected chi connectivity index (χ3v) is 14.3. The van der Waals surface area contributed by atoms with Crippen LogP contribution in [0, 0.1) is 0 Å². The van der Waals surface area contributed by atoms with Crippen molar-refractivity contribution in [2.45, 2.75) is 289 Å². The summed E-state index contributed by atoms with van der Waals surface area (Å²) in [6.45, 7) is 4.72. The Bertz CT molecular complexity index is 1260. The van der Waals surface area contributed by atoms with Gasteiger partial charge in [0.25, 0.3) is 0 Å². The van der Waals surface area contributed by atoms with Gasteiger partial charge >= 0.3 is 7.82 Å². The zero-order valence-electron chi connectivity index (χ0n) is 46.3. The quantitative estimate of drug-likeness (QED) is 0.0243. The average molecular weight is 993 g/mol. The normalized spacial score (nSPS) is 14.2. The maximum atomic E-state index is 12.9. The highest BCUT2D eigenvalue weighted by atomic mass is 31.2. The van der Waals surface area contributed by atoms with Gasteiger partial charge in [0, 0.05) is 6.42 Å². The van der Waals surface area contributed by atoms with Crippen molar-refractivity contribution < 1.29 is 32.9 Å². The minimum atomic E-state index is -4.30. The number of rotatable bonds is 54. The van der Waals surface area contributed by atoms with Gasteiger partial charge in [-0.2, -0.15) is 0 Å². The molecule has 0 aliphatic rings. The summed E-state index contributed by atoms with van der Waals surface area (Å²) in [5.41, 5.74) is 0. The van der Waals surface area contributed by atoms with Crippen molar-refractivity contribution in [3.63, 3.8) is 0 Å². The van der Waals surface area contributed by atoms with Crippen LogP contribution in [-0.2, 0) is 18.4 Å². The lowest BCUT2D eigenvalue weighted by atomic mass is 10.0. The van der Waals surface area contributed by atoms with Crippen LogP contribution in [0.3, 0.4) is 0 Å². The van der Waals surface area contributed by atoms with Gasteiger partial charge in [-0.3, -0.25) is 13.8 Å². The highest BCUT2D eigenvalue weighted by Crippen LogP contribution is 2.43. The molecule has 0 bridgehead atoms. The number of allylic oxidation sites excluding steroid dienone is 8. The highest BCUT2D eigenvalue weighted by molar-refractivity contribution is 7.47. The lowest BCUT2D eigenvalue weighted by Crippen LogP contribution is -2.46. The molecular weight excluding hydrogens is 876 g/mol. The van der Waals surface area contributed by atoms with E-state index in [9.17, 15) is 19.4 Å². The Morgan fingerprint density at radius 3 is 1.28 bits per heavy atom. The molecule has 406 valence electrons. The van der Waals surface area contributed by atoms with Crippen LogP contribution in [0.25, 0.3) is 0 Å². The molecular formula is C60H116N2O6P+. The Kier molecular flexibility index (Phi) is 50.2. The second kappa shape index (κ2) is 51.4. The number of amides is 1. The number of hydrogen-bond acceptors (Lipinski definition) is 5. The maximum absolute atomic E-state index is 12.9. The van der Waals surface area contributed by atoms with Crippen LogP contribution in [0.4, 0.5) is 0 Å². The van der Waals surface area contributed by atoms with E-state index in [0.717, 1.165) is 64.2 Å². The molecule has 69 heavy (non-hydrogen) atoms. The highest BCUT2D eigenvalue weighted by Gasteiger charge is 2.28. The molecule has 0 heterocycles. The third-order valence-electron chi connectivity index (χ3n) is 13.3. The van der Waals surface area contributed by atoms with E-state index in [4.69, 9.17) is 9.05 Å². The van der Waals surface area contributed by atoms with Crippen LogP contribution in [0.5, 0.6) is 0 Å². The van der Waals surface area contributed by atoms with Crippen LogP contribution in [0.1, 0.15) is 277 Å². The number of phosphoric acid groups is 1. The number of nitrogens with one attached hydrogen (secondary N) is 1. The van der Waals surface area contributed by atoms with Gasteiger partial charge in [-0.25, -0.2) is 4.57 Å². The lowest BCUT2D eigenvalue weighted by molar-refractivity contribution is -0.870. The van der Waals surface area contributed by atoms with Crippen molar-refractivity contribution in [3.05, 3.63) is 48.6 Å². The van der Waals surface area contributed by atoms with E-state index in [1.54, 1.807) is 0 Å². The van der Waals surface area contributed by atoms with Gasteiger partial charge in [0.05, 0.1) is 39.9 Å². The molecule has 3 atom stereocenters. The predicted molar refractivity (Wildman–Crippen MR) is 300 cm³/mol. The van der Waals surface area contributed by atoms with E-state index >= 15 is 0 Å². The van der Waals surface area contributed by atoms with Crippen molar-refractivity contribution in [2.75, 3.05) is 40.9 Å². The van der Waals surface area contributed by atoms with E-state index in [2.05, 4.69) is 67.8 Å². The molecule has 0 radical (unpaired) electrons. The smallest absolute Gasteiger partial charge is 0.391 e. The second-order valence-corrected chi connectivity index (χ2v) is 22.8. The summed E-state index contributed by atoms with van der Waals surface area (Å²) in [5, 5.41) is 13.8. The van der Waals surface area contributed by atoms with Gasteiger partial charge in [0.1, 0.15) is 13.2 Å². The van der Waals surface area contributed by atoms with Gasteiger partial charge in [-0.15, -0.1) is 0 Å². The van der Waals surface area contributed by atoms with E-state index in [0.29, 0.717) is 23.9 Å². The van der Waals surface area contributed by atoms with Gasteiger partial charge in [-0.1, -0.05) is 268 Å². The first-order valence-corrected chi connectivity index (χ1v) is 31.0. The van der Waals surface area contributed by atoms with E-state index in [-0.39, 0.29) is 19.1 Å². The SMILES string of the molecule is CC/C=C\C/C=C\C/C=C\C/C=C\CCCCCCCCCCCCCCCCCCCCCCCCCCCCCCC(=O)NC(COP(=O)(O)OCC[N+](C)(C)C)C(O)CCCCCCCC. The maximum Gasteiger partial charge on any atom is 0.472 e. The molecule has 0 aromatic heterocycles. The Morgan fingerprint density at radius 1 is 0.507 bits per heavy atom. The number of hydrogen-bond donors (Lipinski definition) is 3. The Labute approximate surface area is 429 Å². The summed E-state index contributed by atoms with van der Waals surface area (Å²) in [5.74, 6) is -0.146. The first kappa shape index (κ1) is 67.5. The molecule has 0 saturated heterocycles. The standard InChI is InChI=1S/C60H115N2O6P/c1-6-8-10-12-14-15-16-17-18-19-20-21-22-23-24-25-26-27-28-29-30-31-32-33-34-35-36-37-38-39-40-41-42-43-44-45-46-47-48-50-52-54-60(64)61-58(59(63)53-51-49-13-11-9-7-2)57-68-69(65,66)67-56-55-62(3,4)5/h8,10,14-15,17-18,20-21,58-59,63H,6-7,9,11-13,16,19,22-57H2,1-5H3,(H-,61,64,65,66)/p+1/b10-8-,15-14-,18-17-,21-20-. The van der Waals surface area contributed by atoms with Crippen LogP contribution >= 0.6 is 7.82 Å². The number of quaternary nitrogens is 1. The van der Waals surface area contributed by atoms with E-state index in [1.165, 1.54) is 186 Å². The molecule has 0 saturated carbocycles. The molecule has 0 spiro atoms. The van der Waals surface area contributed by atoms with Crippen LogP contribution in [0.15, 0.2) is 48.6 Å². The number of nitrogens with zero attached hydrogens (tertiary/aromatic N) is 1. The van der Waals surface area contributed by atoms with Crippen molar-refractivity contribution in [1.29, 1.82) is 0 Å². The average Bonchev–Trinajstić information content (AvgIpc) is 3.31. The largest absolute Gasteiger partial charge is 0.472 e. The summed E-state index contributed by atoms with van der Waals surface area (Å²) in [7, 11) is 1.62. The monoisotopic (exact) mass is 992 g/mol. The third kappa shape index (κ3) is 54.1. The lowest BCUT2D eigenvalue weighted by Gasteiger charge is -2.26. The van der Waals surface area contributed by atoms with E-state index in [1.807, 2.05) is 21.1 Å². The van der Waals surface area contributed by atoms with Gasteiger partial charge in [0.15, 0.2) is 0 Å². The van der Waals surface area contributed by atoms with Gasteiger partial charge < -0.3 is 19.8 Å². The predicted octanol–water partition coefficient (Wildman–Crippen LogP) is 17.9. The van der Waals surface area contributed by atoms with E-state index < -0.39 is 20.0 Å². The summed E-state index contributed by atoms with van der Waals surface area (Å²) in [6.07, 6.45) is 68.2. The Hall–Kier alpha value is -1.54. The molecule has 0 fully saturated rings. The molecule has 9 heteroatoms. The zero-order chi connectivity index (χ0) is 50.6. The second-order valence-electron chi connectivity index (χ2n) is 21.3. The number of phosphoric ester groups is 1. The van der Waals surface area contributed by atoms with Gasteiger partial charge in [0.2, 0.25) is 5.91 Å². The van der Waals surface area contributed by atoms with Crippen molar-refractivity contribution >= 4 is 13.7 Å². The molecule has 3 N–H and O–H groups in total. The molecule has 0 aliphatic carbocycles. The summed E-state index contributed by atoms with van der Waals surface area (Å²) in [6, 6.07) is -0.754. The molecule has 0 aliphatic heterocycles. The zero-order valence-corrected chi connectivity index (χ0v) is 47.2. The summed E-state index contributed by atoms with van der Waals surface area (Å²) < 4.78 is 23.5. The molecule has 8 nitrogen and oxygen atoms in total. The first-order chi connectivity index (χ1) is 33.5.